The van der Waals surface area contributed by atoms with E-state index >= 15 is 0 Å². The maximum atomic E-state index is 11.0. The van der Waals surface area contributed by atoms with Crippen LogP contribution in [-0.4, -0.2) is 10.2 Å². The maximum Gasteiger partial charge on any atom is 0.120 e. The highest BCUT2D eigenvalue weighted by atomic mass is 16.3. The minimum Gasteiger partial charge on any atom is -0.508 e. The van der Waals surface area contributed by atoms with Gasteiger partial charge in [-0.3, -0.25) is 0 Å². The van der Waals surface area contributed by atoms with Crippen molar-refractivity contribution in [3.63, 3.8) is 0 Å². The summed E-state index contributed by atoms with van der Waals surface area (Å²) in [6.07, 6.45) is 0.853. The van der Waals surface area contributed by atoms with Gasteiger partial charge in [0.05, 0.1) is 0 Å². The minimum absolute atomic E-state index is 0.0694. The first-order valence-electron chi connectivity index (χ1n) is 9.46. The molecule has 0 heterocycles. The Balaban J connectivity index is 2.41. The van der Waals surface area contributed by atoms with E-state index in [-0.39, 0.29) is 10.8 Å². The normalized spacial score (nSPS) is 21.7. The number of hydrogen-bond donors (Lipinski definition) is 2. The Labute approximate surface area is 157 Å². The fourth-order valence-electron chi connectivity index (χ4n) is 5.10. The zero-order valence-corrected chi connectivity index (χ0v) is 17.4. The average Bonchev–Trinajstić information content (AvgIpc) is 2.63. The van der Waals surface area contributed by atoms with E-state index in [0.29, 0.717) is 11.5 Å². The zero-order chi connectivity index (χ0) is 19.7. The molecule has 2 N–H and O–H groups in total. The van der Waals surface area contributed by atoms with Gasteiger partial charge in [0.2, 0.25) is 0 Å². The fourth-order valence-corrected chi connectivity index (χ4v) is 5.10. The quantitative estimate of drug-likeness (QED) is 0.661. The molecule has 0 aliphatic heterocycles. The van der Waals surface area contributed by atoms with E-state index < -0.39 is 5.41 Å². The average molecular weight is 353 g/mol. The molecule has 2 nitrogen and oxygen atoms in total. The highest BCUT2D eigenvalue weighted by molar-refractivity contribution is 5.63. The SMILES string of the molecule is Cc1cc(O)c([C@]2(C)CC(C)(C)c3cc(C)cc(O)c32)c(C(C)(C)C)c1. The molecule has 2 aromatic carbocycles. The Morgan fingerprint density at radius 1 is 0.808 bits per heavy atom. The van der Waals surface area contributed by atoms with Gasteiger partial charge in [-0.25, -0.2) is 0 Å². The third-order valence-corrected chi connectivity index (χ3v) is 5.96. The number of phenols is 2. The molecule has 0 amide bonds. The van der Waals surface area contributed by atoms with Gasteiger partial charge < -0.3 is 10.2 Å². The number of rotatable bonds is 1. The van der Waals surface area contributed by atoms with E-state index in [9.17, 15) is 10.2 Å². The van der Waals surface area contributed by atoms with E-state index in [2.05, 4.69) is 53.7 Å². The molecule has 140 valence electrons. The Bertz CT molecular complexity index is 884. The van der Waals surface area contributed by atoms with Crippen LogP contribution in [0.3, 0.4) is 0 Å². The third kappa shape index (κ3) is 2.71. The Morgan fingerprint density at radius 3 is 1.85 bits per heavy atom. The van der Waals surface area contributed by atoms with Crippen LogP contribution in [0, 0.1) is 13.8 Å². The van der Waals surface area contributed by atoms with Crippen LogP contribution < -0.4 is 0 Å². The molecule has 0 bridgehead atoms. The van der Waals surface area contributed by atoms with Crippen LogP contribution in [0.5, 0.6) is 11.5 Å². The van der Waals surface area contributed by atoms with Crippen molar-refractivity contribution in [2.75, 3.05) is 0 Å². The number of aromatic hydroxyl groups is 2. The van der Waals surface area contributed by atoms with Crippen LogP contribution in [0.15, 0.2) is 24.3 Å². The summed E-state index contributed by atoms with van der Waals surface area (Å²) in [5.41, 5.74) is 5.80. The van der Waals surface area contributed by atoms with Gasteiger partial charge in [0.25, 0.3) is 0 Å². The van der Waals surface area contributed by atoms with E-state index in [1.54, 1.807) is 0 Å². The molecule has 2 aromatic rings. The predicted octanol–water partition coefficient (Wildman–Crippen LogP) is 6.00. The summed E-state index contributed by atoms with van der Waals surface area (Å²) in [7, 11) is 0. The van der Waals surface area contributed by atoms with Crippen LogP contribution in [-0.2, 0) is 16.2 Å². The lowest BCUT2D eigenvalue weighted by molar-refractivity contribution is 0.384. The Hall–Kier alpha value is -1.96. The van der Waals surface area contributed by atoms with Gasteiger partial charge >= 0.3 is 0 Å². The molecule has 0 aromatic heterocycles. The van der Waals surface area contributed by atoms with E-state index in [0.717, 1.165) is 34.2 Å². The molecule has 0 fully saturated rings. The Morgan fingerprint density at radius 2 is 1.31 bits per heavy atom. The molecule has 0 saturated heterocycles. The maximum absolute atomic E-state index is 11.0. The second kappa shape index (κ2) is 5.52. The first-order valence-corrected chi connectivity index (χ1v) is 9.46. The molecule has 1 aliphatic rings. The number of aryl methyl sites for hydroxylation is 2. The first kappa shape index (κ1) is 18.8. The van der Waals surface area contributed by atoms with Crippen molar-refractivity contribution in [2.24, 2.45) is 0 Å². The number of fused-ring (bicyclic) bond motifs is 1. The van der Waals surface area contributed by atoms with Crippen LogP contribution in [0.4, 0.5) is 0 Å². The lowest BCUT2D eigenvalue weighted by Crippen LogP contribution is -2.28. The molecule has 26 heavy (non-hydrogen) atoms. The third-order valence-electron chi connectivity index (χ3n) is 5.96. The second-order valence-corrected chi connectivity index (χ2v) is 10.1. The van der Waals surface area contributed by atoms with Gasteiger partial charge in [-0.2, -0.15) is 0 Å². The van der Waals surface area contributed by atoms with Gasteiger partial charge in [-0.15, -0.1) is 0 Å². The minimum atomic E-state index is -0.434. The lowest BCUT2D eigenvalue weighted by Gasteiger charge is -2.35. The largest absolute Gasteiger partial charge is 0.508 e. The topological polar surface area (TPSA) is 40.5 Å². The highest BCUT2D eigenvalue weighted by Gasteiger charge is 2.50. The highest BCUT2D eigenvalue weighted by Crippen LogP contribution is 2.58. The van der Waals surface area contributed by atoms with Gasteiger partial charge in [-0.1, -0.05) is 53.7 Å². The van der Waals surface area contributed by atoms with Crippen molar-refractivity contribution < 1.29 is 10.2 Å². The van der Waals surface area contributed by atoms with Crippen molar-refractivity contribution in [1.29, 1.82) is 0 Å². The van der Waals surface area contributed by atoms with Gasteiger partial charge in [0.15, 0.2) is 0 Å². The molecule has 0 saturated carbocycles. The van der Waals surface area contributed by atoms with Crippen molar-refractivity contribution in [1.82, 2.24) is 0 Å². The van der Waals surface area contributed by atoms with Crippen molar-refractivity contribution in [3.8, 4) is 11.5 Å². The summed E-state index contributed by atoms with van der Waals surface area (Å²) in [6, 6.07) is 8.09. The summed E-state index contributed by atoms with van der Waals surface area (Å²) in [5, 5.41) is 21.9. The van der Waals surface area contributed by atoms with Gasteiger partial charge in [0, 0.05) is 16.5 Å². The Kier molecular flexibility index (Phi) is 3.99. The zero-order valence-electron chi connectivity index (χ0n) is 17.4. The molecule has 1 aliphatic carbocycles. The summed E-state index contributed by atoms with van der Waals surface area (Å²) < 4.78 is 0. The molecular formula is C24H32O2. The van der Waals surface area contributed by atoms with Crippen molar-refractivity contribution >= 4 is 0 Å². The van der Waals surface area contributed by atoms with Crippen molar-refractivity contribution in [2.45, 2.75) is 78.1 Å². The first-order chi connectivity index (χ1) is 11.8. The smallest absolute Gasteiger partial charge is 0.120 e. The van der Waals surface area contributed by atoms with Crippen LogP contribution >= 0.6 is 0 Å². The summed E-state index contributed by atoms with van der Waals surface area (Å²) >= 11 is 0. The molecule has 0 spiro atoms. The van der Waals surface area contributed by atoms with E-state index in [1.165, 1.54) is 5.56 Å². The molecule has 3 rings (SSSR count). The monoisotopic (exact) mass is 352 g/mol. The van der Waals surface area contributed by atoms with Crippen molar-refractivity contribution in [3.05, 3.63) is 57.6 Å². The van der Waals surface area contributed by atoms with Gasteiger partial charge in [0.1, 0.15) is 11.5 Å². The number of benzene rings is 2. The summed E-state index contributed by atoms with van der Waals surface area (Å²) in [5.74, 6) is 0.675. The molecule has 1 atom stereocenters. The predicted molar refractivity (Wildman–Crippen MR) is 108 cm³/mol. The fraction of sp³-hybridized carbons (Fsp3) is 0.500. The standard InChI is InChI=1S/C24H32O2/c1-14-9-16(22(3,4)5)20(18(25)11-14)24(8)13-23(6,7)17-10-15(2)12-19(26)21(17)24/h9-12,25-26H,13H2,1-8H3/t24-/m0/s1. The second-order valence-electron chi connectivity index (χ2n) is 10.1. The van der Waals surface area contributed by atoms with E-state index in [1.807, 2.05) is 26.0 Å². The molecule has 0 radical (unpaired) electrons. The number of hydrogen-bond acceptors (Lipinski definition) is 2. The molecular weight excluding hydrogens is 320 g/mol. The van der Waals surface area contributed by atoms with Gasteiger partial charge in [-0.05, 0) is 65.5 Å². The summed E-state index contributed by atoms with van der Waals surface area (Å²) in [6.45, 7) is 17.2. The van der Waals surface area contributed by atoms with E-state index in [4.69, 9.17) is 0 Å². The number of phenolic OH excluding ortho intramolecular Hbond substituents is 2. The summed E-state index contributed by atoms with van der Waals surface area (Å²) in [4.78, 5) is 0. The van der Waals surface area contributed by atoms with Crippen LogP contribution in [0.25, 0.3) is 0 Å². The van der Waals surface area contributed by atoms with Crippen LogP contribution in [0.2, 0.25) is 0 Å². The molecule has 2 heteroatoms. The lowest BCUT2D eigenvalue weighted by atomic mass is 9.68. The molecule has 0 unspecified atom stereocenters. The van der Waals surface area contributed by atoms with Crippen LogP contribution in [0.1, 0.15) is 81.3 Å².